The molecule has 3 heterocycles. The van der Waals surface area contributed by atoms with Crippen LogP contribution in [-0.2, 0) is 11.2 Å². The zero-order valence-electron chi connectivity index (χ0n) is 13.4. The Labute approximate surface area is 144 Å². The number of carbonyl (C=O) groups is 2. The van der Waals surface area contributed by atoms with Gasteiger partial charge in [-0.25, -0.2) is 0 Å². The number of carbonyl (C=O) groups excluding carboxylic acids is 2. The van der Waals surface area contributed by atoms with Crippen molar-refractivity contribution in [1.29, 1.82) is 0 Å². The minimum Gasteiger partial charge on any atom is -0.482 e. The third kappa shape index (κ3) is 2.47. The van der Waals surface area contributed by atoms with E-state index in [-0.39, 0.29) is 24.5 Å². The molecule has 2 aromatic rings. The van der Waals surface area contributed by atoms with Crippen molar-refractivity contribution >= 4 is 28.8 Å². The fraction of sp³-hybridized carbons (Fsp3) is 0.333. The van der Waals surface area contributed by atoms with Crippen molar-refractivity contribution in [2.45, 2.75) is 25.8 Å². The molecule has 0 saturated carbocycles. The van der Waals surface area contributed by atoms with E-state index in [0.717, 1.165) is 19.4 Å². The van der Waals surface area contributed by atoms with Crippen LogP contribution in [0, 0.1) is 0 Å². The normalized spacial score (nSPS) is 19.1. The first kappa shape index (κ1) is 15.2. The van der Waals surface area contributed by atoms with Crippen LogP contribution in [0.4, 0.5) is 5.69 Å². The number of amides is 2. The van der Waals surface area contributed by atoms with Gasteiger partial charge in [-0.3, -0.25) is 9.59 Å². The highest BCUT2D eigenvalue weighted by molar-refractivity contribution is 7.10. The average molecular weight is 342 g/mol. The van der Waals surface area contributed by atoms with Crippen molar-refractivity contribution in [1.82, 2.24) is 4.90 Å². The first-order valence-corrected chi connectivity index (χ1v) is 8.99. The second kappa shape index (κ2) is 5.94. The molecule has 2 amide bonds. The number of hydrogen-bond acceptors (Lipinski definition) is 4. The molecule has 124 valence electrons. The molecule has 5 nitrogen and oxygen atoms in total. The number of benzene rings is 1. The largest absolute Gasteiger partial charge is 0.482 e. The summed E-state index contributed by atoms with van der Waals surface area (Å²) in [6, 6.07) is 7.49. The molecule has 0 spiro atoms. The Morgan fingerprint density at radius 1 is 1.42 bits per heavy atom. The lowest BCUT2D eigenvalue weighted by molar-refractivity contribution is -0.118. The molecular weight excluding hydrogens is 324 g/mol. The monoisotopic (exact) mass is 342 g/mol. The van der Waals surface area contributed by atoms with Gasteiger partial charge in [0.2, 0.25) is 0 Å². The zero-order valence-corrected chi connectivity index (χ0v) is 14.2. The molecule has 0 saturated heterocycles. The van der Waals surface area contributed by atoms with Gasteiger partial charge in [-0.1, -0.05) is 6.92 Å². The maximum absolute atomic E-state index is 13.0. The van der Waals surface area contributed by atoms with Gasteiger partial charge in [0.25, 0.3) is 11.8 Å². The zero-order chi connectivity index (χ0) is 16.7. The molecule has 2 aliphatic heterocycles. The van der Waals surface area contributed by atoms with Gasteiger partial charge in [-0.05, 0) is 48.1 Å². The van der Waals surface area contributed by atoms with Crippen LogP contribution in [0.25, 0.3) is 0 Å². The first-order valence-electron chi connectivity index (χ1n) is 8.11. The number of fused-ring (bicyclic) bond motifs is 2. The molecule has 1 unspecified atom stereocenters. The molecular formula is C18H18N2O3S. The number of rotatable bonds is 2. The predicted octanol–water partition coefficient (Wildman–Crippen LogP) is 3.23. The van der Waals surface area contributed by atoms with Gasteiger partial charge in [0.1, 0.15) is 5.75 Å². The van der Waals surface area contributed by atoms with Crippen LogP contribution in [-0.4, -0.2) is 29.9 Å². The van der Waals surface area contributed by atoms with E-state index in [2.05, 4.69) is 23.7 Å². The summed E-state index contributed by atoms with van der Waals surface area (Å²) in [6.07, 6.45) is 1.81. The van der Waals surface area contributed by atoms with E-state index >= 15 is 0 Å². The predicted molar refractivity (Wildman–Crippen MR) is 92.7 cm³/mol. The minimum atomic E-state index is -0.173. The smallest absolute Gasteiger partial charge is 0.262 e. The summed E-state index contributed by atoms with van der Waals surface area (Å²) < 4.78 is 5.43. The highest BCUT2D eigenvalue weighted by Gasteiger charge is 2.31. The molecule has 2 aliphatic rings. The Morgan fingerprint density at radius 2 is 2.29 bits per heavy atom. The Morgan fingerprint density at radius 3 is 3.12 bits per heavy atom. The lowest BCUT2D eigenvalue weighted by Crippen LogP contribution is -2.39. The Kier molecular flexibility index (Phi) is 3.76. The van der Waals surface area contributed by atoms with Crippen molar-refractivity contribution in [3.8, 4) is 5.75 Å². The van der Waals surface area contributed by atoms with E-state index in [4.69, 9.17) is 4.74 Å². The summed E-state index contributed by atoms with van der Waals surface area (Å²) in [7, 11) is 0. The first-order chi connectivity index (χ1) is 11.7. The van der Waals surface area contributed by atoms with Crippen LogP contribution in [0.5, 0.6) is 5.75 Å². The molecule has 0 fully saturated rings. The van der Waals surface area contributed by atoms with Crippen molar-refractivity contribution in [3.05, 3.63) is 45.6 Å². The topological polar surface area (TPSA) is 58.6 Å². The summed E-state index contributed by atoms with van der Waals surface area (Å²) in [6.45, 7) is 2.84. The fourth-order valence-corrected chi connectivity index (χ4v) is 4.38. The number of anilines is 1. The summed E-state index contributed by atoms with van der Waals surface area (Å²) in [4.78, 5) is 27.7. The second-order valence-corrected chi connectivity index (χ2v) is 7.02. The van der Waals surface area contributed by atoms with Crippen molar-refractivity contribution in [2.75, 3.05) is 18.5 Å². The summed E-state index contributed by atoms with van der Waals surface area (Å²) >= 11 is 1.77. The minimum absolute atomic E-state index is 0.00972. The van der Waals surface area contributed by atoms with Gasteiger partial charge >= 0.3 is 0 Å². The van der Waals surface area contributed by atoms with Crippen LogP contribution >= 0.6 is 11.3 Å². The molecule has 24 heavy (non-hydrogen) atoms. The molecule has 1 aromatic heterocycles. The lowest BCUT2D eigenvalue weighted by atomic mass is 9.96. The van der Waals surface area contributed by atoms with Crippen LogP contribution in [0.2, 0.25) is 0 Å². The summed E-state index contributed by atoms with van der Waals surface area (Å²) in [5.41, 5.74) is 2.50. The fourth-order valence-electron chi connectivity index (χ4n) is 3.45. The molecule has 1 N–H and O–H groups in total. The molecule has 1 aromatic carbocycles. The van der Waals surface area contributed by atoms with E-state index in [1.165, 1.54) is 10.4 Å². The van der Waals surface area contributed by atoms with Gasteiger partial charge in [0.15, 0.2) is 6.61 Å². The van der Waals surface area contributed by atoms with E-state index in [0.29, 0.717) is 17.0 Å². The SMILES string of the molecule is CCC1c2ccsc2CCN1C(=O)c1ccc2c(c1)OCC(=O)N2. The maximum Gasteiger partial charge on any atom is 0.262 e. The molecule has 0 aliphatic carbocycles. The number of thiophene rings is 1. The third-order valence-electron chi connectivity index (χ3n) is 4.60. The highest BCUT2D eigenvalue weighted by Crippen LogP contribution is 2.37. The van der Waals surface area contributed by atoms with Crippen molar-refractivity contribution in [2.24, 2.45) is 0 Å². The van der Waals surface area contributed by atoms with Crippen LogP contribution in [0.3, 0.4) is 0 Å². The van der Waals surface area contributed by atoms with Gasteiger partial charge in [-0.2, -0.15) is 0 Å². The number of nitrogens with zero attached hydrogens (tertiary/aromatic N) is 1. The standard InChI is InChI=1S/C18H18N2O3S/c1-2-14-12-6-8-24-16(12)5-7-20(14)18(22)11-3-4-13-15(9-11)23-10-17(21)19-13/h3-4,6,8-9,14H,2,5,7,10H2,1H3,(H,19,21). The van der Waals surface area contributed by atoms with Gasteiger partial charge in [0, 0.05) is 17.0 Å². The Hall–Kier alpha value is -2.34. The number of ether oxygens (including phenoxy) is 1. The lowest BCUT2D eigenvalue weighted by Gasteiger charge is -2.35. The van der Waals surface area contributed by atoms with Crippen molar-refractivity contribution < 1.29 is 14.3 Å². The van der Waals surface area contributed by atoms with E-state index < -0.39 is 0 Å². The van der Waals surface area contributed by atoms with E-state index in [1.54, 1.807) is 29.5 Å². The summed E-state index contributed by atoms with van der Waals surface area (Å²) in [5.74, 6) is 0.400. The van der Waals surface area contributed by atoms with Crippen LogP contribution < -0.4 is 10.1 Å². The number of nitrogens with one attached hydrogen (secondary N) is 1. The molecule has 0 radical (unpaired) electrons. The Balaban J connectivity index is 1.63. The Bertz CT molecular complexity index is 814. The highest BCUT2D eigenvalue weighted by atomic mass is 32.1. The van der Waals surface area contributed by atoms with Gasteiger partial charge < -0.3 is 15.0 Å². The van der Waals surface area contributed by atoms with Crippen LogP contribution in [0.15, 0.2) is 29.6 Å². The summed E-state index contributed by atoms with van der Waals surface area (Å²) in [5, 5.41) is 4.86. The van der Waals surface area contributed by atoms with E-state index in [1.807, 2.05) is 4.90 Å². The molecule has 0 bridgehead atoms. The second-order valence-electron chi connectivity index (χ2n) is 6.02. The molecule has 4 rings (SSSR count). The quantitative estimate of drug-likeness (QED) is 0.911. The average Bonchev–Trinajstić information content (AvgIpc) is 3.08. The molecule has 6 heteroatoms. The van der Waals surface area contributed by atoms with Crippen molar-refractivity contribution in [3.63, 3.8) is 0 Å². The molecule has 1 atom stereocenters. The maximum atomic E-state index is 13.0. The number of hydrogen-bond donors (Lipinski definition) is 1. The van der Waals surface area contributed by atoms with Gasteiger partial charge in [0.05, 0.1) is 11.7 Å². The van der Waals surface area contributed by atoms with Gasteiger partial charge in [-0.15, -0.1) is 11.3 Å². The van der Waals surface area contributed by atoms with E-state index in [9.17, 15) is 9.59 Å². The third-order valence-corrected chi connectivity index (χ3v) is 5.60. The van der Waals surface area contributed by atoms with Crippen LogP contribution in [0.1, 0.15) is 40.2 Å².